The quantitative estimate of drug-likeness (QED) is 0.401. The molecule has 23 heavy (non-hydrogen) atoms. The largest absolute Gasteiger partial charge is 0.493 e. The Morgan fingerprint density at radius 1 is 1.43 bits per heavy atom. The molecule has 1 amide bonds. The molecule has 0 aliphatic heterocycles. The summed E-state index contributed by atoms with van der Waals surface area (Å²) in [5.41, 5.74) is 8.35. The van der Waals surface area contributed by atoms with Gasteiger partial charge < -0.3 is 26.2 Å². The third kappa shape index (κ3) is 3.58. The lowest BCUT2D eigenvalue weighted by atomic mass is 10.1. The first-order chi connectivity index (χ1) is 11.0. The summed E-state index contributed by atoms with van der Waals surface area (Å²) in [7, 11) is 0. The fraction of sp³-hybridized carbons (Fsp3) is 0.214. The van der Waals surface area contributed by atoms with Crippen molar-refractivity contribution in [3.05, 3.63) is 28.6 Å². The Kier molecular flexibility index (Phi) is 4.82. The summed E-state index contributed by atoms with van der Waals surface area (Å²) in [5.74, 6) is 5.88. The highest BCUT2D eigenvalue weighted by Crippen LogP contribution is 2.31. The third-order valence-corrected chi connectivity index (χ3v) is 2.95. The van der Waals surface area contributed by atoms with Crippen LogP contribution in [0.2, 0.25) is 0 Å². The summed E-state index contributed by atoms with van der Waals surface area (Å²) >= 11 is 0. The van der Waals surface area contributed by atoms with E-state index in [-0.39, 0.29) is 23.2 Å². The molecular formula is C14H18N6O3. The number of benzene rings is 1. The second-order valence-electron chi connectivity index (χ2n) is 4.65. The number of anilines is 3. The Morgan fingerprint density at radius 3 is 2.78 bits per heavy atom. The number of nitrogens with two attached hydrogens (primary N) is 2. The number of nitrogens with zero attached hydrogens (tertiary/aromatic N) is 1. The average Bonchev–Trinajstić information content (AvgIpc) is 2.50. The van der Waals surface area contributed by atoms with Crippen LogP contribution in [0.1, 0.15) is 13.8 Å². The van der Waals surface area contributed by atoms with Crippen LogP contribution in [0.25, 0.3) is 11.4 Å². The van der Waals surface area contributed by atoms with E-state index >= 15 is 0 Å². The Labute approximate surface area is 132 Å². The van der Waals surface area contributed by atoms with Crippen LogP contribution >= 0.6 is 0 Å². The first-order valence-corrected chi connectivity index (χ1v) is 6.87. The maximum Gasteiger partial charge on any atom is 0.276 e. The van der Waals surface area contributed by atoms with E-state index in [4.69, 9.17) is 16.3 Å². The van der Waals surface area contributed by atoms with Crippen molar-refractivity contribution in [1.82, 2.24) is 9.97 Å². The fourth-order valence-electron chi connectivity index (χ4n) is 1.99. The highest BCUT2D eigenvalue weighted by atomic mass is 16.5. The van der Waals surface area contributed by atoms with Gasteiger partial charge in [0.1, 0.15) is 17.3 Å². The van der Waals surface area contributed by atoms with Gasteiger partial charge in [-0.15, -0.1) is 0 Å². The predicted octanol–water partition coefficient (Wildman–Crippen LogP) is 0.662. The molecule has 0 atom stereocenters. The minimum Gasteiger partial charge on any atom is -0.493 e. The summed E-state index contributed by atoms with van der Waals surface area (Å²) in [4.78, 5) is 29.8. The van der Waals surface area contributed by atoms with E-state index in [9.17, 15) is 9.59 Å². The summed E-state index contributed by atoms with van der Waals surface area (Å²) in [6, 6.07) is 4.99. The van der Waals surface area contributed by atoms with E-state index < -0.39 is 5.56 Å². The van der Waals surface area contributed by atoms with Gasteiger partial charge in [-0.2, -0.15) is 0 Å². The first kappa shape index (κ1) is 16.3. The monoisotopic (exact) mass is 318 g/mol. The summed E-state index contributed by atoms with van der Waals surface area (Å²) in [6.45, 7) is 3.63. The molecule has 0 saturated carbocycles. The third-order valence-electron chi connectivity index (χ3n) is 2.95. The van der Waals surface area contributed by atoms with Crippen molar-refractivity contribution >= 4 is 23.1 Å². The maximum absolute atomic E-state index is 11.9. The van der Waals surface area contributed by atoms with Gasteiger partial charge in [-0.3, -0.25) is 9.59 Å². The van der Waals surface area contributed by atoms with Crippen molar-refractivity contribution < 1.29 is 9.53 Å². The van der Waals surface area contributed by atoms with E-state index in [1.165, 1.54) is 6.92 Å². The van der Waals surface area contributed by atoms with Gasteiger partial charge in [0.15, 0.2) is 5.82 Å². The highest BCUT2D eigenvalue weighted by Gasteiger charge is 2.14. The lowest BCUT2D eigenvalue weighted by Gasteiger charge is -2.13. The normalized spacial score (nSPS) is 10.2. The molecule has 0 unspecified atom stereocenters. The molecule has 2 aromatic rings. The van der Waals surface area contributed by atoms with Crippen LogP contribution < -0.4 is 32.6 Å². The molecule has 1 heterocycles. The molecule has 122 valence electrons. The molecule has 0 aliphatic rings. The number of carbonyl (C=O) groups is 1. The maximum atomic E-state index is 11.9. The van der Waals surface area contributed by atoms with Crippen LogP contribution in [-0.4, -0.2) is 22.5 Å². The van der Waals surface area contributed by atoms with Gasteiger partial charge in [-0.1, -0.05) is 0 Å². The number of amides is 1. The number of ether oxygens (including phenoxy) is 1. The molecule has 9 nitrogen and oxygen atoms in total. The average molecular weight is 318 g/mol. The van der Waals surface area contributed by atoms with Crippen LogP contribution in [0.4, 0.5) is 17.2 Å². The molecule has 0 aliphatic carbocycles. The zero-order chi connectivity index (χ0) is 17.0. The van der Waals surface area contributed by atoms with Crippen molar-refractivity contribution in [2.75, 3.05) is 23.1 Å². The first-order valence-electron chi connectivity index (χ1n) is 6.87. The van der Waals surface area contributed by atoms with Crippen molar-refractivity contribution in [3.8, 4) is 17.1 Å². The van der Waals surface area contributed by atoms with Gasteiger partial charge in [-0.25, -0.2) is 10.8 Å². The van der Waals surface area contributed by atoms with E-state index in [1.807, 2.05) is 6.92 Å². The van der Waals surface area contributed by atoms with Crippen molar-refractivity contribution in [2.24, 2.45) is 5.84 Å². The van der Waals surface area contributed by atoms with Crippen LogP contribution in [0.3, 0.4) is 0 Å². The number of carbonyl (C=O) groups excluding carboxylic acids is 1. The van der Waals surface area contributed by atoms with Gasteiger partial charge in [0.25, 0.3) is 5.56 Å². The van der Waals surface area contributed by atoms with E-state index in [2.05, 4.69) is 20.7 Å². The summed E-state index contributed by atoms with van der Waals surface area (Å²) in [5, 5.41) is 2.66. The van der Waals surface area contributed by atoms with Crippen molar-refractivity contribution in [3.63, 3.8) is 0 Å². The van der Waals surface area contributed by atoms with Crippen LogP contribution in [0.5, 0.6) is 5.75 Å². The minimum absolute atomic E-state index is 0.0668. The molecule has 0 fully saturated rings. The predicted molar refractivity (Wildman–Crippen MR) is 88.0 cm³/mol. The SMILES string of the molecule is CCOc1cc(NC(C)=O)ccc1-c1nc(NN)c(N)c(=O)[nH]1. The number of hydrogen-bond acceptors (Lipinski definition) is 7. The van der Waals surface area contributed by atoms with Crippen LogP contribution in [0.15, 0.2) is 23.0 Å². The lowest BCUT2D eigenvalue weighted by Crippen LogP contribution is -2.20. The number of hydrogen-bond donors (Lipinski definition) is 5. The highest BCUT2D eigenvalue weighted by molar-refractivity contribution is 5.89. The number of hydrazine groups is 1. The van der Waals surface area contributed by atoms with E-state index in [0.29, 0.717) is 23.6 Å². The molecular weight excluding hydrogens is 300 g/mol. The van der Waals surface area contributed by atoms with Gasteiger partial charge in [0.05, 0.1) is 12.2 Å². The van der Waals surface area contributed by atoms with Crippen molar-refractivity contribution in [1.29, 1.82) is 0 Å². The second kappa shape index (κ2) is 6.79. The number of rotatable bonds is 5. The van der Waals surface area contributed by atoms with Gasteiger partial charge in [0.2, 0.25) is 5.91 Å². The standard InChI is InChI=1S/C14H18N6O3/c1-3-23-10-6-8(17-7(2)21)4-5-9(10)12-18-13(20-16)11(15)14(22)19-12/h4-6H,3,15-16H2,1-2H3,(H,17,21)(H2,18,19,20,22). The van der Waals surface area contributed by atoms with E-state index in [0.717, 1.165) is 0 Å². The molecule has 7 N–H and O–H groups in total. The Hall–Kier alpha value is -3.07. The van der Waals surface area contributed by atoms with Gasteiger partial charge in [-0.05, 0) is 19.1 Å². The summed E-state index contributed by atoms with van der Waals surface area (Å²) < 4.78 is 5.56. The number of aromatic amines is 1. The molecule has 1 aromatic heterocycles. The Bertz CT molecular complexity index is 787. The molecule has 2 rings (SSSR count). The molecule has 0 saturated heterocycles. The molecule has 0 bridgehead atoms. The topological polar surface area (TPSA) is 148 Å². The molecule has 1 aromatic carbocycles. The second-order valence-corrected chi connectivity index (χ2v) is 4.65. The molecule has 0 spiro atoms. The number of nitrogens with one attached hydrogen (secondary N) is 3. The number of nitrogen functional groups attached to an aromatic ring is 2. The zero-order valence-corrected chi connectivity index (χ0v) is 12.8. The van der Waals surface area contributed by atoms with E-state index in [1.54, 1.807) is 18.2 Å². The fourth-order valence-corrected chi connectivity index (χ4v) is 1.99. The number of aromatic nitrogens is 2. The zero-order valence-electron chi connectivity index (χ0n) is 12.8. The summed E-state index contributed by atoms with van der Waals surface area (Å²) in [6.07, 6.45) is 0. The van der Waals surface area contributed by atoms with Crippen LogP contribution in [-0.2, 0) is 4.79 Å². The van der Waals surface area contributed by atoms with Gasteiger partial charge >= 0.3 is 0 Å². The Balaban J connectivity index is 2.56. The molecule has 0 radical (unpaired) electrons. The Morgan fingerprint density at radius 2 is 2.17 bits per heavy atom. The lowest BCUT2D eigenvalue weighted by molar-refractivity contribution is -0.114. The van der Waals surface area contributed by atoms with Crippen molar-refractivity contribution in [2.45, 2.75) is 13.8 Å². The van der Waals surface area contributed by atoms with Gasteiger partial charge in [0, 0.05) is 18.7 Å². The molecule has 9 heteroatoms. The smallest absolute Gasteiger partial charge is 0.276 e. The number of H-pyrrole nitrogens is 1. The van der Waals surface area contributed by atoms with Crippen LogP contribution in [0, 0.1) is 0 Å². The minimum atomic E-state index is -0.517.